The Kier molecular flexibility index (Phi) is 2.83. The van der Waals surface area contributed by atoms with Crippen LogP contribution >= 0.6 is 0 Å². The number of phenolic OH excluding ortho intramolecular Hbond substituents is 1. The predicted molar refractivity (Wildman–Crippen MR) is 76.3 cm³/mol. The summed E-state index contributed by atoms with van der Waals surface area (Å²) in [6.45, 7) is 0.601. The highest BCUT2D eigenvalue weighted by Crippen LogP contribution is 2.31. The Morgan fingerprint density at radius 1 is 1.11 bits per heavy atom. The van der Waals surface area contributed by atoms with E-state index in [0.717, 1.165) is 11.3 Å². The highest BCUT2D eigenvalue weighted by Gasteiger charge is 2.28. The average Bonchev–Trinajstić information content (AvgIpc) is 2.82. The zero-order chi connectivity index (χ0) is 13.2. The predicted octanol–water partition coefficient (Wildman–Crippen LogP) is 2.27. The summed E-state index contributed by atoms with van der Waals surface area (Å²) in [6.07, 6.45) is 0. The second-order valence-corrected chi connectivity index (χ2v) is 4.52. The van der Waals surface area contributed by atoms with E-state index >= 15 is 0 Å². The molecular formula is C15H15N3O. The fourth-order valence-corrected chi connectivity index (χ4v) is 2.38. The summed E-state index contributed by atoms with van der Waals surface area (Å²) in [7, 11) is 0. The van der Waals surface area contributed by atoms with Crippen LogP contribution in [-0.2, 0) is 0 Å². The van der Waals surface area contributed by atoms with Crippen molar-refractivity contribution in [2.45, 2.75) is 6.04 Å². The summed E-state index contributed by atoms with van der Waals surface area (Å²) in [5, 5.41) is 9.61. The van der Waals surface area contributed by atoms with Crippen molar-refractivity contribution in [1.82, 2.24) is 0 Å². The smallest absolute Gasteiger partial charge is 0.196 e. The molecule has 0 amide bonds. The first-order valence-corrected chi connectivity index (χ1v) is 6.19. The third-order valence-electron chi connectivity index (χ3n) is 3.27. The minimum atomic E-state index is 0.0366. The van der Waals surface area contributed by atoms with Gasteiger partial charge in [-0.1, -0.05) is 30.3 Å². The Bertz CT molecular complexity index is 610. The van der Waals surface area contributed by atoms with Gasteiger partial charge in [0.2, 0.25) is 0 Å². The van der Waals surface area contributed by atoms with Gasteiger partial charge in [0, 0.05) is 5.69 Å². The summed E-state index contributed by atoms with van der Waals surface area (Å²) in [4.78, 5) is 6.31. The Morgan fingerprint density at radius 2 is 1.89 bits per heavy atom. The van der Waals surface area contributed by atoms with Crippen LogP contribution in [0.1, 0.15) is 11.6 Å². The molecule has 0 aromatic heterocycles. The van der Waals surface area contributed by atoms with Crippen LogP contribution in [0.2, 0.25) is 0 Å². The van der Waals surface area contributed by atoms with Crippen LogP contribution in [0.4, 0.5) is 5.69 Å². The fourth-order valence-electron chi connectivity index (χ4n) is 2.38. The van der Waals surface area contributed by atoms with Gasteiger partial charge < -0.3 is 15.7 Å². The second kappa shape index (κ2) is 4.65. The van der Waals surface area contributed by atoms with Gasteiger partial charge in [-0.3, -0.25) is 4.99 Å². The number of hydrogen-bond donors (Lipinski definition) is 2. The molecule has 19 heavy (non-hydrogen) atoms. The number of benzene rings is 2. The number of rotatable bonds is 2. The van der Waals surface area contributed by atoms with Crippen molar-refractivity contribution in [2.75, 3.05) is 11.4 Å². The lowest BCUT2D eigenvalue weighted by molar-refractivity contribution is 0.474. The molecule has 1 atom stereocenters. The molecule has 2 aromatic rings. The molecule has 0 saturated carbocycles. The number of aliphatic imine (C=N–C) groups is 1. The summed E-state index contributed by atoms with van der Waals surface area (Å²) >= 11 is 0. The molecule has 0 saturated heterocycles. The van der Waals surface area contributed by atoms with E-state index in [9.17, 15) is 5.11 Å². The molecule has 4 heteroatoms. The van der Waals surface area contributed by atoms with Crippen LogP contribution in [0.3, 0.4) is 0 Å². The molecule has 1 aliphatic rings. The fraction of sp³-hybridized carbons (Fsp3) is 0.133. The molecule has 0 aliphatic carbocycles. The zero-order valence-electron chi connectivity index (χ0n) is 10.4. The lowest BCUT2D eigenvalue weighted by atomic mass is 10.1. The highest BCUT2D eigenvalue weighted by atomic mass is 16.3. The maximum atomic E-state index is 9.61. The largest absolute Gasteiger partial charge is 0.508 e. The number of anilines is 1. The third kappa shape index (κ3) is 2.12. The Hall–Kier alpha value is -2.49. The lowest BCUT2D eigenvalue weighted by Crippen LogP contribution is -2.36. The molecular weight excluding hydrogens is 238 g/mol. The molecule has 1 heterocycles. The Balaban J connectivity index is 1.99. The van der Waals surface area contributed by atoms with Gasteiger partial charge in [0.1, 0.15) is 5.75 Å². The van der Waals surface area contributed by atoms with E-state index in [1.807, 2.05) is 47.4 Å². The van der Waals surface area contributed by atoms with Crippen LogP contribution in [0.15, 0.2) is 59.6 Å². The monoisotopic (exact) mass is 253 g/mol. The molecule has 0 radical (unpaired) electrons. The SMILES string of the molecule is NC1=NCC(c2cccc(O)c2)N1c1ccccc1. The van der Waals surface area contributed by atoms with Crippen molar-refractivity contribution in [3.05, 3.63) is 60.2 Å². The summed E-state index contributed by atoms with van der Waals surface area (Å²) < 4.78 is 0. The van der Waals surface area contributed by atoms with E-state index in [4.69, 9.17) is 5.73 Å². The van der Waals surface area contributed by atoms with Crippen molar-refractivity contribution < 1.29 is 5.11 Å². The lowest BCUT2D eigenvalue weighted by Gasteiger charge is -2.26. The summed E-state index contributed by atoms with van der Waals surface area (Å²) in [6, 6.07) is 17.2. The van der Waals surface area contributed by atoms with E-state index in [1.54, 1.807) is 12.1 Å². The Morgan fingerprint density at radius 3 is 2.63 bits per heavy atom. The van der Waals surface area contributed by atoms with Gasteiger partial charge in [0.15, 0.2) is 5.96 Å². The van der Waals surface area contributed by atoms with Crippen LogP contribution in [0.25, 0.3) is 0 Å². The molecule has 1 unspecified atom stereocenters. The van der Waals surface area contributed by atoms with Crippen molar-refractivity contribution >= 4 is 11.6 Å². The second-order valence-electron chi connectivity index (χ2n) is 4.52. The first-order chi connectivity index (χ1) is 9.25. The number of para-hydroxylation sites is 1. The van der Waals surface area contributed by atoms with Gasteiger partial charge in [-0.05, 0) is 29.8 Å². The summed E-state index contributed by atoms with van der Waals surface area (Å²) in [5.41, 5.74) is 8.01. The minimum absolute atomic E-state index is 0.0366. The highest BCUT2D eigenvalue weighted by molar-refractivity contribution is 5.97. The topological polar surface area (TPSA) is 61.9 Å². The molecule has 0 bridgehead atoms. The standard InChI is InChI=1S/C15H15N3O/c16-15-17-10-14(11-5-4-8-13(19)9-11)18(15)12-6-2-1-3-7-12/h1-9,14,19H,10H2,(H2,16,17). The average molecular weight is 253 g/mol. The van der Waals surface area contributed by atoms with Gasteiger partial charge in [-0.25, -0.2) is 0 Å². The van der Waals surface area contributed by atoms with Gasteiger partial charge in [-0.2, -0.15) is 0 Å². The normalized spacial score (nSPS) is 18.4. The Labute approximate surface area is 111 Å². The molecule has 4 nitrogen and oxygen atoms in total. The van der Waals surface area contributed by atoms with Crippen molar-refractivity contribution in [2.24, 2.45) is 10.7 Å². The molecule has 1 aliphatic heterocycles. The number of nitrogens with two attached hydrogens (primary N) is 1. The van der Waals surface area contributed by atoms with Crippen LogP contribution in [0.5, 0.6) is 5.75 Å². The van der Waals surface area contributed by atoms with Crippen molar-refractivity contribution in [3.8, 4) is 5.75 Å². The molecule has 96 valence electrons. The van der Waals surface area contributed by atoms with Gasteiger partial charge >= 0.3 is 0 Å². The van der Waals surface area contributed by atoms with Gasteiger partial charge in [0.25, 0.3) is 0 Å². The van der Waals surface area contributed by atoms with E-state index in [-0.39, 0.29) is 11.8 Å². The van der Waals surface area contributed by atoms with Crippen LogP contribution in [0, 0.1) is 0 Å². The molecule has 0 fully saturated rings. The van der Waals surface area contributed by atoms with Gasteiger partial charge in [-0.15, -0.1) is 0 Å². The molecule has 0 spiro atoms. The third-order valence-corrected chi connectivity index (χ3v) is 3.27. The number of phenols is 1. The molecule has 3 rings (SSSR count). The quantitative estimate of drug-likeness (QED) is 0.863. The maximum Gasteiger partial charge on any atom is 0.196 e. The number of guanidine groups is 1. The van der Waals surface area contributed by atoms with E-state index in [1.165, 1.54) is 0 Å². The van der Waals surface area contributed by atoms with Crippen LogP contribution in [-0.4, -0.2) is 17.6 Å². The summed E-state index contributed by atoms with van der Waals surface area (Å²) in [5.74, 6) is 0.774. The van der Waals surface area contributed by atoms with Crippen LogP contribution < -0.4 is 10.6 Å². The number of hydrogen-bond acceptors (Lipinski definition) is 4. The minimum Gasteiger partial charge on any atom is -0.508 e. The molecule has 3 N–H and O–H groups in total. The van der Waals surface area contributed by atoms with E-state index < -0.39 is 0 Å². The van der Waals surface area contributed by atoms with Gasteiger partial charge in [0.05, 0.1) is 12.6 Å². The van der Waals surface area contributed by atoms with E-state index in [0.29, 0.717) is 12.5 Å². The van der Waals surface area contributed by atoms with E-state index in [2.05, 4.69) is 4.99 Å². The van der Waals surface area contributed by atoms with Crippen molar-refractivity contribution in [1.29, 1.82) is 0 Å². The number of nitrogens with zero attached hydrogens (tertiary/aromatic N) is 2. The first-order valence-electron chi connectivity index (χ1n) is 6.19. The number of aromatic hydroxyl groups is 1. The maximum absolute atomic E-state index is 9.61. The zero-order valence-corrected chi connectivity index (χ0v) is 10.4. The van der Waals surface area contributed by atoms with Crippen molar-refractivity contribution in [3.63, 3.8) is 0 Å². The first kappa shape index (κ1) is 11.6. The molecule has 2 aromatic carbocycles.